The van der Waals surface area contributed by atoms with Gasteiger partial charge in [0.15, 0.2) is 0 Å². The largest absolute Gasteiger partial charge is 0.366 e. The number of anilines is 2. The zero-order valence-corrected chi connectivity index (χ0v) is 11.8. The minimum absolute atomic E-state index is 0.549. The van der Waals surface area contributed by atoms with Crippen molar-refractivity contribution in [2.75, 3.05) is 17.7 Å². The van der Waals surface area contributed by atoms with E-state index in [1.807, 2.05) is 7.05 Å². The van der Waals surface area contributed by atoms with Crippen LogP contribution in [0.1, 0.15) is 38.5 Å². The molecule has 1 heterocycles. The Labute approximate surface area is 111 Å². The van der Waals surface area contributed by atoms with Gasteiger partial charge < -0.3 is 10.6 Å². The van der Waals surface area contributed by atoms with E-state index in [1.54, 1.807) is 6.20 Å². The van der Waals surface area contributed by atoms with Crippen LogP contribution in [0.2, 0.25) is 0 Å². The molecule has 2 N–H and O–H groups in total. The molecule has 0 radical (unpaired) electrons. The van der Waals surface area contributed by atoms with E-state index in [0.717, 1.165) is 10.3 Å². The van der Waals surface area contributed by atoms with Gasteiger partial charge in [-0.2, -0.15) is 4.98 Å². The van der Waals surface area contributed by atoms with Crippen molar-refractivity contribution in [2.45, 2.75) is 44.6 Å². The Morgan fingerprint density at radius 1 is 1.24 bits per heavy atom. The van der Waals surface area contributed by atoms with Crippen LogP contribution < -0.4 is 10.6 Å². The number of nitrogens with one attached hydrogen (secondary N) is 2. The molecule has 0 aromatic carbocycles. The summed E-state index contributed by atoms with van der Waals surface area (Å²) in [5, 5.41) is 6.49. The van der Waals surface area contributed by atoms with Crippen molar-refractivity contribution in [3.63, 3.8) is 0 Å². The molecular formula is C12H19BrN4. The van der Waals surface area contributed by atoms with E-state index in [4.69, 9.17) is 0 Å². The molecule has 4 nitrogen and oxygen atoms in total. The quantitative estimate of drug-likeness (QED) is 0.840. The van der Waals surface area contributed by atoms with Gasteiger partial charge >= 0.3 is 0 Å². The van der Waals surface area contributed by atoms with Gasteiger partial charge in [-0.1, -0.05) is 25.7 Å². The van der Waals surface area contributed by atoms with Crippen LogP contribution in [-0.2, 0) is 0 Å². The first kappa shape index (κ1) is 12.6. The molecule has 0 aliphatic heterocycles. The number of hydrogen-bond donors (Lipinski definition) is 2. The first-order valence-electron chi connectivity index (χ1n) is 6.26. The second kappa shape index (κ2) is 6.19. The van der Waals surface area contributed by atoms with Gasteiger partial charge in [0.05, 0.1) is 4.47 Å². The smallest absolute Gasteiger partial charge is 0.224 e. The summed E-state index contributed by atoms with van der Waals surface area (Å²) in [5.41, 5.74) is 0. The maximum atomic E-state index is 4.44. The maximum absolute atomic E-state index is 4.44. The zero-order valence-electron chi connectivity index (χ0n) is 10.2. The Morgan fingerprint density at radius 2 is 1.94 bits per heavy atom. The van der Waals surface area contributed by atoms with Gasteiger partial charge in [0, 0.05) is 19.3 Å². The molecule has 1 saturated carbocycles. The van der Waals surface area contributed by atoms with E-state index in [0.29, 0.717) is 12.0 Å². The molecule has 0 bridgehead atoms. The molecule has 1 aromatic rings. The summed E-state index contributed by atoms with van der Waals surface area (Å²) < 4.78 is 0.931. The van der Waals surface area contributed by atoms with E-state index in [1.165, 1.54) is 38.5 Å². The molecule has 0 unspecified atom stereocenters. The maximum Gasteiger partial charge on any atom is 0.224 e. The lowest BCUT2D eigenvalue weighted by Crippen LogP contribution is -2.19. The topological polar surface area (TPSA) is 49.8 Å². The highest BCUT2D eigenvalue weighted by molar-refractivity contribution is 9.10. The van der Waals surface area contributed by atoms with Crippen LogP contribution in [0, 0.1) is 0 Å². The Morgan fingerprint density at radius 3 is 2.59 bits per heavy atom. The average molecular weight is 299 g/mol. The summed E-state index contributed by atoms with van der Waals surface area (Å²) in [6.45, 7) is 0. The van der Waals surface area contributed by atoms with Crippen LogP contribution in [0.15, 0.2) is 10.7 Å². The molecule has 2 rings (SSSR count). The number of nitrogens with zero attached hydrogens (tertiary/aromatic N) is 2. The molecule has 1 aromatic heterocycles. The van der Waals surface area contributed by atoms with Gasteiger partial charge in [-0.25, -0.2) is 4.98 Å². The van der Waals surface area contributed by atoms with Crippen molar-refractivity contribution in [1.82, 2.24) is 9.97 Å². The summed E-state index contributed by atoms with van der Waals surface area (Å²) >= 11 is 3.49. The molecule has 0 amide bonds. The average Bonchev–Trinajstić information content (AvgIpc) is 2.60. The second-order valence-electron chi connectivity index (χ2n) is 4.47. The lowest BCUT2D eigenvalue weighted by atomic mass is 10.1. The molecule has 17 heavy (non-hydrogen) atoms. The van der Waals surface area contributed by atoms with Crippen LogP contribution in [0.4, 0.5) is 11.8 Å². The molecule has 0 spiro atoms. The molecule has 94 valence electrons. The first-order valence-corrected chi connectivity index (χ1v) is 7.05. The van der Waals surface area contributed by atoms with E-state index in [2.05, 4.69) is 36.5 Å². The van der Waals surface area contributed by atoms with E-state index in [-0.39, 0.29) is 0 Å². The minimum Gasteiger partial charge on any atom is -0.366 e. The molecular weight excluding hydrogens is 280 g/mol. The summed E-state index contributed by atoms with van der Waals surface area (Å²) in [4.78, 5) is 8.60. The normalized spacial score (nSPS) is 17.5. The second-order valence-corrected chi connectivity index (χ2v) is 5.33. The van der Waals surface area contributed by atoms with Gasteiger partial charge in [-0.3, -0.25) is 0 Å². The van der Waals surface area contributed by atoms with Crippen molar-refractivity contribution in [3.05, 3.63) is 10.7 Å². The lowest BCUT2D eigenvalue weighted by Gasteiger charge is -2.18. The highest BCUT2D eigenvalue weighted by Gasteiger charge is 2.14. The van der Waals surface area contributed by atoms with Crippen LogP contribution in [0.25, 0.3) is 0 Å². The Hall–Kier alpha value is -0.840. The lowest BCUT2D eigenvalue weighted by molar-refractivity contribution is 0.617. The Balaban J connectivity index is 2.05. The van der Waals surface area contributed by atoms with Crippen molar-refractivity contribution < 1.29 is 0 Å². The molecule has 5 heteroatoms. The van der Waals surface area contributed by atoms with Crippen LogP contribution in [0.3, 0.4) is 0 Å². The highest BCUT2D eigenvalue weighted by atomic mass is 79.9. The van der Waals surface area contributed by atoms with E-state index in [9.17, 15) is 0 Å². The van der Waals surface area contributed by atoms with E-state index < -0.39 is 0 Å². The fourth-order valence-electron chi connectivity index (χ4n) is 2.21. The highest BCUT2D eigenvalue weighted by Crippen LogP contribution is 2.25. The standard InChI is InChI=1S/C12H19BrN4/c1-14-12-15-8-10(13)11(17-12)16-9-6-4-2-3-5-7-9/h8-9H,2-7H2,1H3,(H2,14,15,16,17). The van der Waals surface area contributed by atoms with Crippen molar-refractivity contribution in [1.29, 1.82) is 0 Å². The van der Waals surface area contributed by atoms with Crippen LogP contribution in [0.5, 0.6) is 0 Å². The number of aromatic nitrogens is 2. The summed E-state index contributed by atoms with van der Waals surface area (Å²) in [7, 11) is 1.83. The van der Waals surface area contributed by atoms with Gasteiger partial charge in [0.2, 0.25) is 5.95 Å². The van der Waals surface area contributed by atoms with Gasteiger partial charge in [0.1, 0.15) is 5.82 Å². The predicted octanol–water partition coefficient (Wildman–Crippen LogP) is 3.42. The molecule has 1 aliphatic rings. The summed E-state index contributed by atoms with van der Waals surface area (Å²) in [6.07, 6.45) is 9.64. The van der Waals surface area contributed by atoms with Gasteiger partial charge in [-0.15, -0.1) is 0 Å². The third-order valence-corrected chi connectivity index (χ3v) is 3.74. The van der Waals surface area contributed by atoms with Crippen LogP contribution in [-0.4, -0.2) is 23.1 Å². The van der Waals surface area contributed by atoms with Gasteiger partial charge in [-0.05, 0) is 28.8 Å². The van der Waals surface area contributed by atoms with Crippen molar-refractivity contribution in [2.24, 2.45) is 0 Å². The first-order chi connectivity index (χ1) is 8.29. The Bertz CT molecular complexity index is 362. The third kappa shape index (κ3) is 3.56. The minimum atomic E-state index is 0.549. The third-order valence-electron chi connectivity index (χ3n) is 3.16. The van der Waals surface area contributed by atoms with Crippen molar-refractivity contribution >= 4 is 27.7 Å². The molecule has 0 saturated heterocycles. The van der Waals surface area contributed by atoms with Gasteiger partial charge in [0.25, 0.3) is 0 Å². The molecule has 0 atom stereocenters. The zero-order chi connectivity index (χ0) is 12.1. The predicted molar refractivity (Wildman–Crippen MR) is 74.4 cm³/mol. The molecule has 1 aliphatic carbocycles. The molecule has 1 fully saturated rings. The number of rotatable bonds is 3. The monoisotopic (exact) mass is 298 g/mol. The number of halogens is 1. The van der Waals surface area contributed by atoms with Crippen LogP contribution >= 0.6 is 15.9 Å². The summed E-state index contributed by atoms with van der Waals surface area (Å²) in [6, 6.07) is 0.549. The fourth-order valence-corrected chi connectivity index (χ4v) is 2.51. The Kier molecular flexibility index (Phi) is 4.59. The van der Waals surface area contributed by atoms with E-state index >= 15 is 0 Å². The number of hydrogen-bond acceptors (Lipinski definition) is 4. The summed E-state index contributed by atoms with van der Waals surface area (Å²) in [5.74, 6) is 1.56. The van der Waals surface area contributed by atoms with Crippen molar-refractivity contribution in [3.8, 4) is 0 Å². The fraction of sp³-hybridized carbons (Fsp3) is 0.667. The SMILES string of the molecule is CNc1ncc(Br)c(NC2CCCCCC2)n1.